The Labute approximate surface area is 195 Å². The number of nitrogens with zero attached hydrogens (tertiary/aromatic N) is 1. The number of rotatable bonds is 6. The molecular formula is C25H23BrN2O4. The summed E-state index contributed by atoms with van der Waals surface area (Å²) in [4.78, 5) is 27.1. The van der Waals surface area contributed by atoms with Crippen LogP contribution in [-0.2, 0) is 4.79 Å². The zero-order valence-electron chi connectivity index (χ0n) is 17.8. The molecule has 0 saturated heterocycles. The first-order valence-electron chi connectivity index (χ1n) is 10.3. The van der Waals surface area contributed by atoms with Crippen molar-refractivity contribution in [3.63, 3.8) is 0 Å². The van der Waals surface area contributed by atoms with Crippen molar-refractivity contribution in [3.05, 3.63) is 82.3 Å². The molecule has 1 atom stereocenters. The van der Waals surface area contributed by atoms with E-state index in [2.05, 4.69) is 21.2 Å². The van der Waals surface area contributed by atoms with Crippen molar-refractivity contribution in [2.45, 2.75) is 20.0 Å². The lowest BCUT2D eigenvalue weighted by Crippen LogP contribution is -2.46. The van der Waals surface area contributed by atoms with Crippen LogP contribution in [0.4, 0.5) is 11.4 Å². The first kappa shape index (κ1) is 21.9. The van der Waals surface area contributed by atoms with E-state index < -0.39 is 6.10 Å². The van der Waals surface area contributed by atoms with Crippen LogP contribution < -0.4 is 19.7 Å². The number of hydrogen-bond donors (Lipinski definition) is 1. The highest BCUT2D eigenvalue weighted by Crippen LogP contribution is 2.36. The van der Waals surface area contributed by atoms with E-state index in [9.17, 15) is 9.59 Å². The number of aryl methyl sites for hydroxylation is 1. The number of ether oxygens (including phenoxy) is 2. The van der Waals surface area contributed by atoms with Gasteiger partial charge in [0.15, 0.2) is 6.10 Å². The predicted molar refractivity (Wildman–Crippen MR) is 128 cm³/mol. The van der Waals surface area contributed by atoms with Gasteiger partial charge in [-0.2, -0.15) is 0 Å². The second kappa shape index (κ2) is 9.44. The Kier molecular flexibility index (Phi) is 6.46. The maximum atomic E-state index is 12.8. The molecule has 0 bridgehead atoms. The van der Waals surface area contributed by atoms with Gasteiger partial charge >= 0.3 is 0 Å². The van der Waals surface area contributed by atoms with Crippen molar-refractivity contribution in [1.29, 1.82) is 0 Å². The number of halogens is 1. The molecule has 1 unspecified atom stereocenters. The number of anilines is 2. The molecule has 1 N–H and O–H groups in total. The number of hydrogen-bond acceptors (Lipinski definition) is 4. The van der Waals surface area contributed by atoms with Crippen molar-refractivity contribution < 1.29 is 19.1 Å². The van der Waals surface area contributed by atoms with Gasteiger partial charge in [0, 0.05) is 15.7 Å². The lowest BCUT2D eigenvalue weighted by molar-refractivity contribution is -0.125. The van der Waals surface area contributed by atoms with Crippen LogP contribution in [0.2, 0.25) is 0 Å². The molecule has 1 heterocycles. The Morgan fingerprint density at radius 3 is 2.66 bits per heavy atom. The second-order valence-corrected chi connectivity index (χ2v) is 8.47. The van der Waals surface area contributed by atoms with Gasteiger partial charge in [0.2, 0.25) is 0 Å². The van der Waals surface area contributed by atoms with Crippen molar-refractivity contribution in [3.8, 4) is 11.5 Å². The molecule has 0 aromatic heterocycles. The highest BCUT2D eigenvalue weighted by molar-refractivity contribution is 9.10. The minimum atomic E-state index is -0.593. The quantitative estimate of drug-likeness (QED) is 0.511. The van der Waals surface area contributed by atoms with E-state index in [1.54, 1.807) is 42.2 Å². The van der Waals surface area contributed by atoms with Crippen molar-refractivity contribution in [1.82, 2.24) is 0 Å². The Bertz CT molecular complexity index is 1150. The molecule has 164 valence electrons. The van der Waals surface area contributed by atoms with E-state index in [0.29, 0.717) is 35.8 Å². The molecule has 32 heavy (non-hydrogen) atoms. The third-order valence-electron chi connectivity index (χ3n) is 5.10. The minimum absolute atomic E-state index is 0.151. The van der Waals surface area contributed by atoms with Gasteiger partial charge < -0.3 is 19.7 Å². The molecule has 3 aromatic rings. The van der Waals surface area contributed by atoms with Crippen molar-refractivity contribution in [2.75, 3.05) is 23.4 Å². The lowest BCUT2D eigenvalue weighted by Gasteiger charge is -2.33. The van der Waals surface area contributed by atoms with Gasteiger partial charge in [-0.3, -0.25) is 9.59 Å². The van der Waals surface area contributed by atoms with Gasteiger partial charge in [-0.25, -0.2) is 0 Å². The molecule has 0 fully saturated rings. The van der Waals surface area contributed by atoms with Gasteiger partial charge in [-0.15, -0.1) is 0 Å². The number of fused-ring (bicyclic) bond motifs is 1. The van der Waals surface area contributed by atoms with Gasteiger partial charge in [0.25, 0.3) is 11.8 Å². The predicted octanol–water partition coefficient (Wildman–Crippen LogP) is 5.20. The zero-order chi connectivity index (χ0) is 22.7. The number of carbonyl (C=O) groups is 2. The first-order chi connectivity index (χ1) is 15.4. The third-order valence-corrected chi connectivity index (χ3v) is 5.63. The molecule has 1 aliphatic rings. The van der Waals surface area contributed by atoms with Crippen LogP contribution in [0.3, 0.4) is 0 Å². The molecule has 1 aliphatic heterocycles. The van der Waals surface area contributed by atoms with Crippen LogP contribution in [0.25, 0.3) is 0 Å². The van der Waals surface area contributed by atoms with Gasteiger partial charge in [-0.1, -0.05) is 28.1 Å². The summed E-state index contributed by atoms with van der Waals surface area (Å²) in [5.41, 5.74) is 2.83. The fourth-order valence-electron chi connectivity index (χ4n) is 3.48. The fraction of sp³-hybridized carbons (Fsp3) is 0.200. The van der Waals surface area contributed by atoms with Crippen molar-refractivity contribution >= 4 is 39.1 Å². The maximum absolute atomic E-state index is 12.8. The van der Waals surface area contributed by atoms with Crippen LogP contribution in [0.15, 0.2) is 71.2 Å². The van der Waals surface area contributed by atoms with Crippen LogP contribution in [-0.4, -0.2) is 31.1 Å². The summed E-state index contributed by atoms with van der Waals surface area (Å²) in [6.45, 7) is 4.41. The molecule has 0 spiro atoms. The average molecular weight is 495 g/mol. The molecule has 6 nitrogen and oxygen atoms in total. The zero-order valence-corrected chi connectivity index (χ0v) is 19.4. The smallest absolute Gasteiger partial charge is 0.267 e. The maximum Gasteiger partial charge on any atom is 0.267 e. The summed E-state index contributed by atoms with van der Waals surface area (Å²) >= 11 is 3.37. The Morgan fingerprint density at radius 1 is 1.12 bits per heavy atom. The lowest BCUT2D eigenvalue weighted by atomic mass is 10.1. The Morgan fingerprint density at radius 2 is 1.91 bits per heavy atom. The minimum Gasteiger partial charge on any atom is -0.492 e. The van der Waals surface area contributed by atoms with E-state index in [1.807, 2.05) is 43.3 Å². The molecule has 3 aromatic carbocycles. The number of amides is 2. The topological polar surface area (TPSA) is 67.9 Å². The molecular weight excluding hydrogens is 472 g/mol. The number of nitrogens with one attached hydrogen (secondary N) is 1. The largest absolute Gasteiger partial charge is 0.492 e. The molecule has 0 radical (unpaired) electrons. The van der Waals surface area contributed by atoms with Gasteiger partial charge in [-0.05, 0) is 74.0 Å². The summed E-state index contributed by atoms with van der Waals surface area (Å²) in [7, 11) is 0. The molecule has 7 heteroatoms. The van der Waals surface area contributed by atoms with Crippen molar-refractivity contribution in [2.24, 2.45) is 0 Å². The third kappa shape index (κ3) is 4.94. The fourth-order valence-corrected chi connectivity index (χ4v) is 3.74. The standard InChI is InChI=1S/C25H23BrN2O4/c1-16-4-3-5-21(14-16)31-13-12-28-22-15-20(10-11-23(22)32-17(2)25(28)30)27-24(29)18-6-8-19(26)9-7-18/h3-11,14-15,17H,12-13H2,1-2H3,(H,27,29). The normalized spacial score (nSPS) is 15.0. The summed E-state index contributed by atoms with van der Waals surface area (Å²) in [5, 5.41) is 2.88. The number of benzene rings is 3. The van der Waals surface area contributed by atoms with E-state index in [1.165, 1.54) is 0 Å². The average Bonchev–Trinajstić information content (AvgIpc) is 2.77. The summed E-state index contributed by atoms with van der Waals surface area (Å²) < 4.78 is 12.5. The monoisotopic (exact) mass is 494 g/mol. The molecule has 0 saturated carbocycles. The van der Waals surface area contributed by atoms with E-state index in [0.717, 1.165) is 15.8 Å². The van der Waals surface area contributed by atoms with Crippen LogP contribution in [0.5, 0.6) is 11.5 Å². The van der Waals surface area contributed by atoms with Gasteiger partial charge in [0.1, 0.15) is 18.1 Å². The van der Waals surface area contributed by atoms with Crippen LogP contribution >= 0.6 is 15.9 Å². The summed E-state index contributed by atoms with van der Waals surface area (Å²) in [6.07, 6.45) is -0.593. The van der Waals surface area contributed by atoms with E-state index in [4.69, 9.17) is 9.47 Å². The summed E-state index contributed by atoms with van der Waals surface area (Å²) in [6, 6.07) is 20.2. The Hall–Kier alpha value is -3.32. The first-order valence-corrected chi connectivity index (χ1v) is 11.1. The highest BCUT2D eigenvalue weighted by atomic mass is 79.9. The van der Waals surface area contributed by atoms with E-state index >= 15 is 0 Å². The van der Waals surface area contributed by atoms with Crippen LogP contribution in [0, 0.1) is 6.92 Å². The molecule has 2 amide bonds. The highest BCUT2D eigenvalue weighted by Gasteiger charge is 2.31. The second-order valence-electron chi connectivity index (χ2n) is 7.56. The summed E-state index contributed by atoms with van der Waals surface area (Å²) in [5.74, 6) is 0.966. The molecule has 0 aliphatic carbocycles. The molecule has 4 rings (SSSR count). The van der Waals surface area contributed by atoms with Gasteiger partial charge in [0.05, 0.1) is 12.2 Å². The number of carbonyl (C=O) groups excluding carboxylic acids is 2. The SMILES string of the molecule is Cc1cccc(OCCN2C(=O)C(C)Oc3ccc(NC(=O)c4ccc(Br)cc4)cc32)c1. The Balaban J connectivity index is 1.50. The van der Waals surface area contributed by atoms with Crippen LogP contribution in [0.1, 0.15) is 22.8 Å². The van der Waals surface area contributed by atoms with E-state index in [-0.39, 0.29) is 11.8 Å².